The summed E-state index contributed by atoms with van der Waals surface area (Å²) in [6, 6.07) is 10.9. The molecule has 0 fully saturated rings. The molecule has 3 rings (SSSR count). The molecule has 0 bridgehead atoms. The third-order valence-corrected chi connectivity index (χ3v) is 4.24. The molecule has 1 N–H and O–H groups in total. The predicted molar refractivity (Wildman–Crippen MR) is 100 cm³/mol. The molecule has 1 aliphatic heterocycles. The number of ether oxygens (including phenoxy) is 1. The molecule has 0 aromatic heterocycles. The number of benzene rings is 2. The molecule has 2 aromatic rings. The van der Waals surface area contributed by atoms with Gasteiger partial charge in [0.05, 0.1) is 5.02 Å². The number of hydrogen-bond donors (Lipinski definition) is 1. The molecule has 1 aliphatic rings. The summed E-state index contributed by atoms with van der Waals surface area (Å²) in [5.41, 5.74) is 1.43. The second-order valence-corrected chi connectivity index (χ2v) is 6.39. The summed E-state index contributed by atoms with van der Waals surface area (Å²) in [5, 5.41) is 8.14. The van der Waals surface area contributed by atoms with Gasteiger partial charge in [-0.15, -0.1) is 0 Å². The summed E-state index contributed by atoms with van der Waals surface area (Å²) >= 11 is 6.20. The van der Waals surface area contributed by atoms with Crippen molar-refractivity contribution in [2.45, 2.75) is 19.4 Å². The Hall–Kier alpha value is -2.93. The predicted octanol–water partition coefficient (Wildman–Crippen LogP) is 3.60. The highest BCUT2D eigenvalue weighted by molar-refractivity contribution is 6.43. The van der Waals surface area contributed by atoms with Gasteiger partial charge < -0.3 is 10.1 Å². The van der Waals surface area contributed by atoms with E-state index >= 15 is 0 Å². The van der Waals surface area contributed by atoms with Gasteiger partial charge in [0.25, 0.3) is 5.91 Å². The summed E-state index contributed by atoms with van der Waals surface area (Å²) in [5.74, 6) is -0.439. The van der Waals surface area contributed by atoms with Gasteiger partial charge in [0, 0.05) is 25.6 Å². The molecular formula is C19H17ClFN3O3. The number of nitrogens with zero attached hydrogens (tertiary/aromatic N) is 2. The SMILES string of the molecule is CN1N=C(C(=O)Nc2ccc(OCc3cccc(F)c3)c(Cl)c2)CCC1=O. The van der Waals surface area contributed by atoms with Gasteiger partial charge in [0.2, 0.25) is 5.91 Å². The first-order valence-corrected chi connectivity index (χ1v) is 8.62. The Balaban J connectivity index is 1.63. The molecule has 0 unspecified atom stereocenters. The molecule has 27 heavy (non-hydrogen) atoms. The maximum absolute atomic E-state index is 13.2. The lowest BCUT2D eigenvalue weighted by atomic mass is 10.1. The molecule has 0 spiro atoms. The maximum atomic E-state index is 13.2. The highest BCUT2D eigenvalue weighted by atomic mass is 35.5. The van der Waals surface area contributed by atoms with Gasteiger partial charge in [-0.05, 0) is 35.9 Å². The van der Waals surface area contributed by atoms with Crippen molar-refractivity contribution in [1.29, 1.82) is 0 Å². The molecule has 1 heterocycles. The molecule has 0 radical (unpaired) electrons. The minimum absolute atomic E-state index is 0.130. The van der Waals surface area contributed by atoms with Gasteiger partial charge >= 0.3 is 0 Å². The van der Waals surface area contributed by atoms with Gasteiger partial charge in [-0.2, -0.15) is 5.10 Å². The van der Waals surface area contributed by atoms with Gasteiger partial charge in [-0.3, -0.25) is 9.59 Å². The van der Waals surface area contributed by atoms with E-state index in [1.807, 2.05) is 0 Å². The van der Waals surface area contributed by atoms with E-state index in [4.69, 9.17) is 16.3 Å². The second kappa shape index (κ2) is 8.18. The van der Waals surface area contributed by atoms with Crippen LogP contribution in [0.3, 0.4) is 0 Å². The van der Waals surface area contributed by atoms with Crippen molar-refractivity contribution in [2.75, 3.05) is 12.4 Å². The van der Waals surface area contributed by atoms with Crippen molar-refractivity contribution in [3.63, 3.8) is 0 Å². The summed E-state index contributed by atoms with van der Waals surface area (Å²) in [4.78, 5) is 23.7. The Kier molecular flexibility index (Phi) is 5.71. The molecule has 2 aromatic carbocycles. The van der Waals surface area contributed by atoms with Crippen LogP contribution in [0.15, 0.2) is 47.6 Å². The summed E-state index contributed by atoms with van der Waals surface area (Å²) < 4.78 is 18.8. The van der Waals surface area contributed by atoms with Gasteiger partial charge in [0.1, 0.15) is 23.9 Å². The Bertz CT molecular complexity index is 917. The average molecular weight is 390 g/mol. The normalized spacial score (nSPS) is 14.0. The van der Waals surface area contributed by atoms with E-state index in [0.717, 1.165) is 5.01 Å². The molecule has 0 aliphatic carbocycles. The van der Waals surface area contributed by atoms with Crippen molar-refractivity contribution in [3.05, 3.63) is 58.9 Å². The summed E-state index contributed by atoms with van der Waals surface area (Å²) in [6.07, 6.45) is 0.536. The van der Waals surface area contributed by atoms with E-state index in [2.05, 4.69) is 10.4 Å². The van der Waals surface area contributed by atoms with Crippen LogP contribution in [0.25, 0.3) is 0 Å². The van der Waals surface area contributed by atoms with Gasteiger partial charge in [0.15, 0.2) is 0 Å². The number of rotatable bonds is 5. The quantitative estimate of drug-likeness (QED) is 0.849. The zero-order valence-corrected chi connectivity index (χ0v) is 15.3. The fourth-order valence-corrected chi connectivity index (χ4v) is 2.75. The number of carbonyl (C=O) groups excluding carboxylic acids is 2. The van der Waals surface area contributed by atoms with E-state index in [0.29, 0.717) is 22.0 Å². The molecule has 140 valence electrons. The van der Waals surface area contributed by atoms with E-state index in [1.54, 1.807) is 30.3 Å². The Labute approximate surface area is 160 Å². The van der Waals surface area contributed by atoms with E-state index in [9.17, 15) is 14.0 Å². The smallest absolute Gasteiger partial charge is 0.271 e. The van der Waals surface area contributed by atoms with Gasteiger partial charge in [-0.1, -0.05) is 23.7 Å². The molecule has 0 saturated heterocycles. The summed E-state index contributed by atoms with van der Waals surface area (Å²) in [6.45, 7) is 0.167. The highest BCUT2D eigenvalue weighted by Gasteiger charge is 2.22. The van der Waals surface area contributed by atoms with E-state index in [1.165, 1.54) is 19.2 Å². The van der Waals surface area contributed by atoms with Crippen LogP contribution in [-0.4, -0.2) is 29.6 Å². The van der Waals surface area contributed by atoms with Crippen molar-refractivity contribution < 1.29 is 18.7 Å². The molecule has 6 nitrogen and oxygen atoms in total. The van der Waals surface area contributed by atoms with Crippen LogP contribution in [0.1, 0.15) is 18.4 Å². The van der Waals surface area contributed by atoms with Crippen LogP contribution in [0.5, 0.6) is 5.75 Å². The Morgan fingerprint density at radius 3 is 2.81 bits per heavy atom. The zero-order valence-electron chi connectivity index (χ0n) is 14.5. The molecule has 2 amide bonds. The first-order valence-electron chi connectivity index (χ1n) is 8.24. The van der Waals surface area contributed by atoms with Crippen molar-refractivity contribution in [2.24, 2.45) is 5.10 Å². The second-order valence-electron chi connectivity index (χ2n) is 5.98. The third kappa shape index (κ3) is 4.83. The first-order chi connectivity index (χ1) is 12.9. The number of hydrazone groups is 1. The largest absolute Gasteiger partial charge is 0.487 e. The fraction of sp³-hybridized carbons (Fsp3) is 0.211. The maximum Gasteiger partial charge on any atom is 0.271 e. The van der Waals surface area contributed by atoms with Crippen LogP contribution in [-0.2, 0) is 16.2 Å². The topological polar surface area (TPSA) is 71.0 Å². The minimum Gasteiger partial charge on any atom is -0.487 e. The number of halogens is 2. The molecule has 0 atom stereocenters. The van der Waals surface area contributed by atoms with Gasteiger partial charge in [-0.25, -0.2) is 9.40 Å². The summed E-state index contributed by atoms with van der Waals surface area (Å²) in [7, 11) is 1.51. The van der Waals surface area contributed by atoms with Crippen molar-refractivity contribution in [3.8, 4) is 5.75 Å². The highest BCUT2D eigenvalue weighted by Crippen LogP contribution is 2.28. The number of hydrogen-bond acceptors (Lipinski definition) is 4. The third-order valence-electron chi connectivity index (χ3n) is 3.94. The molecule has 0 saturated carbocycles. The van der Waals surface area contributed by atoms with E-state index < -0.39 is 0 Å². The first kappa shape index (κ1) is 18.8. The molecular weight excluding hydrogens is 373 g/mol. The monoisotopic (exact) mass is 389 g/mol. The van der Waals surface area contributed by atoms with Crippen molar-refractivity contribution >= 4 is 34.8 Å². The Morgan fingerprint density at radius 2 is 2.11 bits per heavy atom. The number of carbonyl (C=O) groups is 2. The van der Waals surface area contributed by atoms with Crippen LogP contribution in [0.4, 0.5) is 10.1 Å². The minimum atomic E-state index is -0.390. The zero-order chi connectivity index (χ0) is 19.4. The standard InChI is InChI=1S/C19H17ClFN3O3/c1-24-18(25)8-6-16(23-24)19(26)22-14-5-7-17(15(20)10-14)27-11-12-3-2-4-13(21)9-12/h2-5,7,9-10H,6,8,11H2,1H3,(H,22,26). The lowest BCUT2D eigenvalue weighted by Gasteiger charge is -2.19. The van der Waals surface area contributed by atoms with E-state index in [-0.39, 0.29) is 42.8 Å². The van der Waals surface area contributed by atoms with Crippen molar-refractivity contribution in [1.82, 2.24) is 5.01 Å². The Morgan fingerprint density at radius 1 is 1.30 bits per heavy atom. The lowest BCUT2D eigenvalue weighted by molar-refractivity contribution is -0.130. The molecule has 8 heteroatoms. The average Bonchev–Trinajstić information content (AvgIpc) is 2.63. The number of amides is 2. The number of anilines is 1. The van der Waals surface area contributed by atoms with Crippen LogP contribution < -0.4 is 10.1 Å². The van der Waals surface area contributed by atoms with Crippen LogP contribution in [0.2, 0.25) is 5.02 Å². The fourth-order valence-electron chi connectivity index (χ4n) is 2.52. The van der Waals surface area contributed by atoms with Crippen LogP contribution >= 0.6 is 11.6 Å². The lowest BCUT2D eigenvalue weighted by Crippen LogP contribution is -2.34. The number of nitrogens with one attached hydrogen (secondary N) is 1. The van der Waals surface area contributed by atoms with Crippen LogP contribution in [0, 0.1) is 5.82 Å².